The first-order valence-electron chi connectivity index (χ1n) is 5.04. The van der Waals surface area contributed by atoms with Crippen molar-refractivity contribution in [3.05, 3.63) is 3.92 Å². The van der Waals surface area contributed by atoms with Crippen LogP contribution in [0.4, 0.5) is 5.13 Å². The Morgan fingerprint density at radius 2 is 1.87 bits per heavy atom. The topological polar surface area (TPSA) is 32.3 Å². The first-order chi connectivity index (χ1) is 7.08. The molecule has 1 saturated heterocycles. The Morgan fingerprint density at radius 3 is 2.33 bits per heavy atom. The number of anilines is 1. The van der Waals surface area contributed by atoms with Gasteiger partial charge in [-0.3, -0.25) is 4.90 Å². The zero-order chi connectivity index (χ0) is 11.0. The first-order valence-corrected chi connectivity index (χ1v) is 6.64. The van der Waals surface area contributed by atoms with Gasteiger partial charge in [-0.2, -0.15) is 0 Å². The molecule has 0 amide bonds. The second-order valence-electron chi connectivity index (χ2n) is 4.11. The van der Waals surface area contributed by atoms with Gasteiger partial charge in [0.05, 0.1) is 0 Å². The normalized spacial score (nSPS) is 28.4. The molecule has 1 fully saturated rings. The summed E-state index contributed by atoms with van der Waals surface area (Å²) in [6.45, 7) is 6.56. The third-order valence-corrected chi connectivity index (χ3v) is 4.44. The molecule has 1 aliphatic heterocycles. The maximum atomic E-state index is 4.16. The minimum Gasteiger partial charge on any atom is -0.344 e. The highest BCUT2D eigenvalue weighted by molar-refractivity contribution is 9.11. The molecule has 84 valence electrons. The van der Waals surface area contributed by atoms with E-state index in [1.807, 2.05) is 0 Å². The zero-order valence-corrected chi connectivity index (χ0v) is 11.5. The fourth-order valence-corrected chi connectivity index (χ4v) is 2.99. The quantitative estimate of drug-likeness (QED) is 0.790. The predicted octanol–water partition coefficient (Wildman–Crippen LogP) is 1.83. The first kappa shape index (κ1) is 11.3. The molecule has 6 heteroatoms. The third kappa shape index (κ3) is 2.32. The van der Waals surface area contributed by atoms with Gasteiger partial charge in [-0.15, -0.1) is 10.2 Å². The van der Waals surface area contributed by atoms with Crippen LogP contribution in [0.1, 0.15) is 13.8 Å². The second-order valence-corrected chi connectivity index (χ2v) is 6.34. The van der Waals surface area contributed by atoms with Gasteiger partial charge >= 0.3 is 0 Å². The van der Waals surface area contributed by atoms with E-state index in [1.54, 1.807) is 11.3 Å². The SMILES string of the molecule is C[C@@H]1CN(c2nnc(Br)s2)C[C@H](C)N1C. The van der Waals surface area contributed by atoms with Crippen molar-refractivity contribution < 1.29 is 0 Å². The largest absolute Gasteiger partial charge is 0.344 e. The number of hydrogen-bond acceptors (Lipinski definition) is 5. The summed E-state index contributed by atoms with van der Waals surface area (Å²) in [6.07, 6.45) is 0. The van der Waals surface area contributed by atoms with Gasteiger partial charge in [-0.25, -0.2) is 0 Å². The summed E-state index contributed by atoms with van der Waals surface area (Å²) < 4.78 is 0.858. The monoisotopic (exact) mass is 290 g/mol. The summed E-state index contributed by atoms with van der Waals surface area (Å²) in [5.74, 6) is 0. The van der Waals surface area contributed by atoms with E-state index in [1.165, 1.54) is 0 Å². The minimum atomic E-state index is 0.566. The minimum absolute atomic E-state index is 0.566. The fourth-order valence-electron chi connectivity index (χ4n) is 1.89. The summed E-state index contributed by atoms with van der Waals surface area (Å²) in [6, 6.07) is 1.13. The summed E-state index contributed by atoms with van der Waals surface area (Å²) in [4.78, 5) is 4.73. The van der Waals surface area contributed by atoms with Gasteiger partial charge in [0.2, 0.25) is 5.13 Å². The van der Waals surface area contributed by atoms with E-state index in [2.05, 4.69) is 56.8 Å². The van der Waals surface area contributed by atoms with Crippen LogP contribution in [0, 0.1) is 0 Å². The Bertz CT molecular complexity index is 331. The van der Waals surface area contributed by atoms with Gasteiger partial charge in [0.25, 0.3) is 0 Å². The molecule has 0 spiro atoms. The van der Waals surface area contributed by atoms with Crippen LogP contribution in [-0.2, 0) is 0 Å². The van der Waals surface area contributed by atoms with Crippen LogP contribution in [0.15, 0.2) is 3.92 Å². The molecule has 2 atom stereocenters. The standard InChI is InChI=1S/C9H15BrN4S/c1-6-4-14(5-7(2)13(6)3)9-12-11-8(10)15-9/h6-7H,4-5H2,1-3H3/t6-,7+. The van der Waals surface area contributed by atoms with Gasteiger partial charge in [0.15, 0.2) is 3.92 Å². The van der Waals surface area contributed by atoms with Crippen LogP contribution in [-0.4, -0.2) is 47.3 Å². The summed E-state index contributed by atoms with van der Waals surface area (Å²) in [7, 11) is 2.18. The van der Waals surface area contributed by atoms with Crippen LogP contribution in [0.5, 0.6) is 0 Å². The molecule has 1 aromatic heterocycles. The maximum Gasteiger partial charge on any atom is 0.209 e. The lowest BCUT2D eigenvalue weighted by Gasteiger charge is -2.42. The predicted molar refractivity (Wildman–Crippen MR) is 66.5 cm³/mol. The average Bonchev–Trinajstić information content (AvgIpc) is 2.60. The maximum absolute atomic E-state index is 4.16. The van der Waals surface area contributed by atoms with Crippen LogP contribution >= 0.6 is 27.3 Å². The number of hydrogen-bond donors (Lipinski definition) is 0. The van der Waals surface area contributed by atoms with E-state index in [0.29, 0.717) is 12.1 Å². The number of halogens is 1. The molecular formula is C9H15BrN4S. The van der Waals surface area contributed by atoms with Crippen molar-refractivity contribution in [3.63, 3.8) is 0 Å². The highest BCUT2D eigenvalue weighted by Gasteiger charge is 2.28. The van der Waals surface area contributed by atoms with Gasteiger partial charge in [0.1, 0.15) is 0 Å². The molecule has 0 N–H and O–H groups in total. The number of rotatable bonds is 1. The molecule has 1 aliphatic rings. The molecule has 2 rings (SSSR count). The highest BCUT2D eigenvalue weighted by Crippen LogP contribution is 2.27. The van der Waals surface area contributed by atoms with Crippen molar-refractivity contribution in [2.75, 3.05) is 25.0 Å². The van der Waals surface area contributed by atoms with Gasteiger partial charge in [-0.05, 0) is 36.8 Å². The summed E-state index contributed by atoms with van der Waals surface area (Å²) >= 11 is 4.95. The van der Waals surface area contributed by atoms with Crippen molar-refractivity contribution >= 4 is 32.4 Å². The zero-order valence-electron chi connectivity index (χ0n) is 9.14. The third-order valence-electron chi connectivity index (χ3n) is 3.02. The Balaban J connectivity index is 2.12. The molecule has 1 aromatic rings. The highest BCUT2D eigenvalue weighted by atomic mass is 79.9. The fraction of sp³-hybridized carbons (Fsp3) is 0.778. The van der Waals surface area contributed by atoms with Crippen molar-refractivity contribution in [3.8, 4) is 0 Å². The van der Waals surface area contributed by atoms with E-state index < -0.39 is 0 Å². The molecule has 0 bridgehead atoms. The van der Waals surface area contributed by atoms with Crippen molar-refractivity contribution in [1.29, 1.82) is 0 Å². The Hall–Kier alpha value is -0.200. The second kappa shape index (κ2) is 4.35. The van der Waals surface area contributed by atoms with Gasteiger partial charge in [-0.1, -0.05) is 11.3 Å². The molecule has 0 aliphatic carbocycles. The smallest absolute Gasteiger partial charge is 0.209 e. The van der Waals surface area contributed by atoms with Crippen molar-refractivity contribution in [2.45, 2.75) is 25.9 Å². The lowest BCUT2D eigenvalue weighted by molar-refractivity contribution is 0.170. The van der Waals surface area contributed by atoms with E-state index in [4.69, 9.17) is 0 Å². The molecule has 2 heterocycles. The lowest BCUT2D eigenvalue weighted by atomic mass is 10.1. The van der Waals surface area contributed by atoms with E-state index in [-0.39, 0.29) is 0 Å². The van der Waals surface area contributed by atoms with E-state index in [9.17, 15) is 0 Å². The Labute approximate surface area is 102 Å². The molecular weight excluding hydrogens is 276 g/mol. The molecule has 4 nitrogen and oxygen atoms in total. The molecule has 0 unspecified atom stereocenters. The number of nitrogens with zero attached hydrogens (tertiary/aromatic N) is 4. The van der Waals surface area contributed by atoms with E-state index in [0.717, 1.165) is 22.1 Å². The molecule has 0 aromatic carbocycles. The Kier molecular flexibility index (Phi) is 3.27. The molecule has 0 saturated carbocycles. The van der Waals surface area contributed by atoms with Gasteiger partial charge < -0.3 is 4.90 Å². The van der Waals surface area contributed by atoms with Crippen LogP contribution in [0.2, 0.25) is 0 Å². The van der Waals surface area contributed by atoms with Crippen LogP contribution in [0.3, 0.4) is 0 Å². The summed E-state index contributed by atoms with van der Waals surface area (Å²) in [5, 5.41) is 9.18. The molecule has 0 radical (unpaired) electrons. The average molecular weight is 291 g/mol. The van der Waals surface area contributed by atoms with E-state index >= 15 is 0 Å². The van der Waals surface area contributed by atoms with Crippen LogP contribution < -0.4 is 4.90 Å². The van der Waals surface area contributed by atoms with Gasteiger partial charge in [0, 0.05) is 25.2 Å². The number of aromatic nitrogens is 2. The Morgan fingerprint density at radius 1 is 1.27 bits per heavy atom. The number of piperazine rings is 1. The van der Waals surface area contributed by atoms with Crippen LogP contribution in [0.25, 0.3) is 0 Å². The lowest BCUT2D eigenvalue weighted by Crippen LogP contribution is -2.55. The summed E-state index contributed by atoms with van der Waals surface area (Å²) in [5.41, 5.74) is 0. The molecule has 15 heavy (non-hydrogen) atoms. The number of likely N-dealkylation sites (N-methyl/N-ethyl adjacent to an activating group) is 1. The van der Waals surface area contributed by atoms with Crippen molar-refractivity contribution in [2.24, 2.45) is 0 Å². The van der Waals surface area contributed by atoms with Crippen molar-refractivity contribution in [1.82, 2.24) is 15.1 Å².